The highest BCUT2D eigenvalue weighted by Gasteiger charge is 2.14. The summed E-state index contributed by atoms with van der Waals surface area (Å²) in [6.45, 7) is 3.91. The second-order valence-electron chi connectivity index (χ2n) is 5.97. The van der Waals surface area contributed by atoms with E-state index < -0.39 is 0 Å². The molecular formula is C20H19N3O2. The second-order valence-corrected chi connectivity index (χ2v) is 5.97. The number of imidazole rings is 1. The van der Waals surface area contributed by atoms with E-state index in [-0.39, 0.29) is 11.7 Å². The summed E-state index contributed by atoms with van der Waals surface area (Å²) in [5, 5.41) is 2.87. The fourth-order valence-electron chi connectivity index (χ4n) is 2.61. The predicted octanol–water partition coefficient (Wildman–Crippen LogP) is 3.52. The molecule has 5 heteroatoms. The van der Waals surface area contributed by atoms with Crippen molar-refractivity contribution in [3.05, 3.63) is 82.9 Å². The minimum atomic E-state index is -0.163. The van der Waals surface area contributed by atoms with Gasteiger partial charge in [0.05, 0.1) is 0 Å². The molecule has 0 aliphatic rings. The van der Waals surface area contributed by atoms with Gasteiger partial charge < -0.3 is 9.88 Å². The molecule has 126 valence electrons. The van der Waals surface area contributed by atoms with Gasteiger partial charge in [0.25, 0.3) is 5.91 Å². The maximum Gasteiger partial charge on any atom is 0.255 e. The van der Waals surface area contributed by atoms with Gasteiger partial charge in [-0.1, -0.05) is 12.1 Å². The van der Waals surface area contributed by atoms with E-state index in [2.05, 4.69) is 10.3 Å². The number of aromatic nitrogens is 2. The van der Waals surface area contributed by atoms with Gasteiger partial charge in [0.15, 0.2) is 5.82 Å². The van der Waals surface area contributed by atoms with E-state index in [0.717, 1.165) is 11.1 Å². The highest BCUT2D eigenvalue weighted by Crippen LogP contribution is 2.17. The van der Waals surface area contributed by atoms with Crippen LogP contribution in [0, 0.1) is 13.8 Å². The van der Waals surface area contributed by atoms with Crippen LogP contribution in [0.4, 0.5) is 5.69 Å². The fourth-order valence-corrected chi connectivity index (χ4v) is 2.61. The van der Waals surface area contributed by atoms with Gasteiger partial charge in [-0.05, 0) is 55.3 Å². The van der Waals surface area contributed by atoms with E-state index in [1.54, 1.807) is 54.3 Å². The average molecular weight is 333 g/mol. The zero-order chi connectivity index (χ0) is 18.0. The van der Waals surface area contributed by atoms with Gasteiger partial charge in [-0.2, -0.15) is 0 Å². The molecule has 0 saturated heterocycles. The molecule has 1 amide bonds. The Hall–Kier alpha value is -3.21. The number of carbonyl (C=O) groups excluding carboxylic acids is 2. The predicted molar refractivity (Wildman–Crippen MR) is 97.0 cm³/mol. The van der Waals surface area contributed by atoms with Crippen LogP contribution in [0.25, 0.3) is 0 Å². The Bertz CT molecular complexity index is 940. The van der Waals surface area contributed by atoms with E-state index in [0.29, 0.717) is 22.6 Å². The van der Waals surface area contributed by atoms with Gasteiger partial charge in [-0.15, -0.1) is 0 Å². The molecule has 5 nitrogen and oxygen atoms in total. The fraction of sp³-hybridized carbons (Fsp3) is 0.150. The molecule has 1 N–H and O–H groups in total. The maximum atomic E-state index is 12.4. The minimum absolute atomic E-state index is 0.153. The summed E-state index contributed by atoms with van der Waals surface area (Å²) in [4.78, 5) is 28.9. The van der Waals surface area contributed by atoms with E-state index >= 15 is 0 Å². The standard InChI is InChI=1S/C20H19N3O2/c1-13-5-4-6-17(14(13)2)20(25)22-16-9-7-15(8-10-16)18(24)19-21-11-12-23(19)3/h4-12H,1-3H3,(H,22,25). The van der Waals surface area contributed by atoms with Crippen molar-refractivity contribution in [3.63, 3.8) is 0 Å². The van der Waals surface area contributed by atoms with Gasteiger partial charge in [-0.3, -0.25) is 9.59 Å². The molecule has 0 aliphatic heterocycles. The van der Waals surface area contributed by atoms with Gasteiger partial charge in [0.1, 0.15) is 0 Å². The van der Waals surface area contributed by atoms with Crippen LogP contribution in [0.5, 0.6) is 0 Å². The summed E-state index contributed by atoms with van der Waals surface area (Å²) < 4.78 is 1.68. The summed E-state index contributed by atoms with van der Waals surface area (Å²) in [6.07, 6.45) is 3.32. The smallest absolute Gasteiger partial charge is 0.255 e. The third-order valence-electron chi connectivity index (χ3n) is 4.28. The molecule has 0 aliphatic carbocycles. The number of hydrogen-bond donors (Lipinski definition) is 1. The Kier molecular flexibility index (Phi) is 4.48. The summed E-state index contributed by atoms with van der Waals surface area (Å²) in [7, 11) is 1.78. The number of aryl methyl sites for hydroxylation is 2. The lowest BCUT2D eigenvalue weighted by molar-refractivity contribution is 0.101. The molecule has 1 heterocycles. The maximum absolute atomic E-state index is 12.4. The number of benzene rings is 2. The first-order valence-electron chi connectivity index (χ1n) is 7.97. The summed E-state index contributed by atoms with van der Waals surface area (Å²) in [5.74, 6) is 0.0662. The number of hydrogen-bond acceptors (Lipinski definition) is 3. The first kappa shape index (κ1) is 16.6. The van der Waals surface area contributed by atoms with Crippen molar-refractivity contribution >= 4 is 17.4 Å². The van der Waals surface area contributed by atoms with E-state index in [4.69, 9.17) is 0 Å². The molecule has 0 spiro atoms. The molecule has 0 bridgehead atoms. The first-order chi connectivity index (χ1) is 12.0. The van der Waals surface area contributed by atoms with Crippen molar-refractivity contribution in [2.75, 3.05) is 5.32 Å². The molecule has 3 rings (SSSR count). The number of ketones is 1. The number of rotatable bonds is 4. The van der Waals surface area contributed by atoms with Crippen LogP contribution >= 0.6 is 0 Å². The number of carbonyl (C=O) groups is 2. The lowest BCUT2D eigenvalue weighted by Gasteiger charge is -2.10. The van der Waals surface area contributed by atoms with Crippen molar-refractivity contribution in [1.29, 1.82) is 0 Å². The Morgan fingerprint density at radius 1 is 1.04 bits per heavy atom. The first-order valence-corrected chi connectivity index (χ1v) is 7.97. The quantitative estimate of drug-likeness (QED) is 0.743. The zero-order valence-corrected chi connectivity index (χ0v) is 14.4. The SMILES string of the molecule is Cc1cccc(C(=O)Nc2ccc(C(=O)c3nccn3C)cc2)c1C. The normalized spacial score (nSPS) is 10.5. The van der Waals surface area contributed by atoms with E-state index in [9.17, 15) is 9.59 Å². The second kappa shape index (κ2) is 6.73. The van der Waals surface area contributed by atoms with Gasteiger partial charge in [-0.25, -0.2) is 4.98 Å². The van der Waals surface area contributed by atoms with Crippen molar-refractivity contribution in [2.24, 2.45) is 7.05 Å². The molecule has 0 unspecified atom stereocenters. The van der Waals surface area contributed by atoms with E-state index in [1.165, 1.54) is 0 Å². The lowest BCUT2D eigenvalue weighted by Crippen LogP contribution is -2.14. The summed E-state index contributed by atoms with van der Waals surface area (Å²) in [6, 6.07) is 12.5. The number of anilines is 1. The molecule has 0 saturated carbocycles. The summed E-state index contributed by atoms with van der Waals surface area (Å²) in [5.41, 5.74) is 3.85. The van der Waals surface area contributed by atoms with Crippen LogP contribution in [0.3, 0.4) is 0 Å². The monoisotopic (exact) mass is 333 g/mol. The Labute approximate surface area is 146 Å². The Morgan fingerprint density at radius 2 is 1.76 bits per heavy atom. The third kappa shape index (κ3) is 3.35. The van der Waals surface area contributed by atoms with Crippen molar-refractivity contribution in [1.82, 2.24) is 9.55 Å². The molecule has 0 fully saturated rings. The largest absolute Gasteiger partial charge is 0.331 e. The van der Waals surface area contributed by atoms with Crippen molar-refractivity contribution < 1.29 is 9.59 Å². The van der Waals surface area contributed by atoms with Crippen LogP contribution in [-0.2, 0) is 7.05 Å². The minimum Gasteiger partial charge on any atom is -0.331 e. The van der Waals surface area contributed by atoms with Crippen LogP contribution in [0.15, 0.2) is 54.9 Å². The molecule has 25 heavy (non-hydrogen) atoms. The van der Waals surface area contributed by atoms with Crippen LogP contribution in [-0.4, -0.2) is 21.2 Å². The number of nitrogens with zero attached hydrogens (tertiary/aromatic N) is 2. The Morgan fingerprint density at radius 3 is 2.40 bits per heavy atom. The molecule has 0 radical (unpaired) electrons. The third-order valence-corrected chi connectivity index (χ3v) is 4.28. The van der Waals surface area contributed by atoms with Crippen molar-refractivity contribution in [3.8, 4) is 0 Å². The molecule has 0 atom stereocenters. The molecule has 1 aromatic heterocycles. The van der Waals surface area contributed by atoms with E-state index in [1.807, 2.05) is 26.0 Å². The topological polar surface area (TPSA) is 64.0 Å². The average Bonchev–Trinajstić information content (AvgIpc) is 3.03. The van der Waals surface area contributed by atoms with Gasteiger partial charge in [0, 0.05) is 36.3 Å². The highest BCUT2D eigenvalue weighted by molar-refractivity contribution is 6.08. The van der Waals surface area contributed by atoms with Crippen LogP contribution < -0.4 is 5.32 Å². The van der Waals surface area contributed by atoms with Crippen LogP contribution in [0.1, 0.15) is 37.7 Å². The highest BCUT2D eigenvalue weighted by atomic mass is 16.1. The summed E-state index contributed by atoms with van der Waals surface area (Å²) >= 11 is 0. The number of amides is 1. The lowest BCUT2D eigenvalue weighted by atomic mass is 10.0. The van der Waals surface area contributed by atoms with Crippen LogP contribution in [0.2, 0.25) is 0 Å². The van der Waals surface area contributed by atoms with Gasteiger partial charge in [0.2, 0.25) is 5.78 Å². The van der Waals surface area contributed by atoms with Gasteiger partial charge >= 0.3 is 0 Å². The number of nitrogens with one attached hydrogen (secondary N) is 1. The molecular weight excluding hydrogens is 314 g/mol. The zero-order valence-electron chi connectivity index (χ0n) is 14.4. The Balaban J connectivity index is 1.77. The molecule has 2 aromatic carbocycles. The molecule has 3 aromatic rings. The van der Waals surface area contributed by atoms with Crippen molar-refractivity contribution in [2.45, 2.75) is 13.8 Å².